The van der Waals surface area contributed by atoms with Crippen molar-refractivity contribution in [3.8, 4) is 22.5 Å². The molecule has 5 heteroatoms. The predicted octanol–water partition coefficient (Wildman–Crippen LogP) is 3.89. The molecule has 2 aromatic heterocycles. The molecule has 0 amide bonds. The minimum absolute atomic E-state index is 0.217. The third-order valence-electron chi connectivity index (χ3n) is 3.76. The van der Waals surface area contributed by atoms with Crippen molar-refractivity contribution in [3.63, 3.8) is 0 Å². The SMILES string of the molecule is Cc1cc(-c2ncccc2-c2ccnc(C=CN)n2)c(C)cc1F. The molecule has 2 N–H and O–H groups in total. The van der Waals surface area contributed by atoms with Crippen LogP contribution >= 0.6 is 0 Å². The monoisotopic (exact) mass is 320 g/mol. The predicted molar refractivity (Wildman–Crippen MR) is 93.4 cm³/mol. The number of aromatic nitrogens is 3. The topological polar surface area (TPSA) is 64.7 Å². The van der Waals surface area contributed by atoms with E-state index in [1.165, 1.54) is 12.3 Å². The quantitative estimate of drug-likeness (QED) is 0.795. The Hall–Kier alpha value is -3.08. The highest BCUT2D eigenvalue weighted by molar-refractivity contribution is 5.80. The van der Waals surface area contributed by atoms with Crippen LogP contribution in [0.2, 0.25) is 0 Å². The Morgan fingerprint density at radius 1 is 1.00 bits per heavy atom. The van der Waals surface area contributed by atoms with Gasteiger partial charge in [-0.15, -0.1) is 0 Å². The minimum atomic E-state index is -0.217. The Morgan fingerprint density at radius 2 is 1.83 bits per heavy atom. The Kier molecular flexibility index (Phi) is 4.33. The molecule has 2 heterocycles. The molecule has 24 heavy (non-hydrogen) atoms. The fourth-order valence-corrected chi connectivity index (χ4v) is 2.55. The molecule has 4 nitrogen and oxygen atoms in total. The van der Waals surface area contributed by atoms with Gasteiger partial charge in [-0.05, 0) is 67.6 Å². The summed E-state index contributed by atoms with van der Waals surface area (Å²) >= 11 is 0. The first kappa shape index (κ1) is 15.8. The second-order valence-corrected chi connectivity index (χ2v) is 5.48. The van der Waals surface area contributed by atoms with E-state index in [1.807, 2.05) is 31.2 Å². The van der Waals surface area contributed by atoms with E-state index in [9.17, 15) is 4.39 Å². The molecule has 0 radical (unpaired) electrons. The van der Waals surface area contributed by atoms with Crippen LogP contribution in [0.25, 0.3) is 28.6 Å². The zero-order chi connectivity index (χ0) is 17.1. The Balaban J connectivity index is 2.19. The summed E-state index contributed by atoms with van der Waals surface area (Å²) < 4.78 is 13.8. The summed E-state index contributed by atoms with van der Waals surface area (Å²) in [7, 11) is 0. The number of benzene rings is 1. The summed E-state index contributed by atoms with van der Waals surface area (Å²) in [5.41, 5.74) is 10.1. The first-order valence-corrected chi connectivity index (χ1v) is 7.54. The largest absolute Gasteiger partial charge is 0.404 e. The molecule has 0 aliphatic carbocycles. The molecular weight excluding hydrogens is 303 g/mol. The van der Waals surface area contributed by atoms with Crippen molar-refractivity contribution in [1.29, 1.82) is 0 Å². The Labute approximate surface area is 139 Å². The zero-order valence-corrected chi connectivity index (χ0v) is 13.5. The van der Waals surface area contributed by atoms with Crippen molar-refractivity contribution < 1.29 is 4.39 Å². The van der Waals surface area contributed by atoms with Crippen LogP contribution in [0.1, 0.15) is 17.0 Å². The molecule has 3 aromatic rings. The first-order valence-electron chi connectivity index (χ1n) is 7.54. The van der Waals surface area contributed by atoms with Crippen molar-refractivity contribution in [1.82, 2.24) is 15.0 Å². The molecule has 0 saturated heterocycles. The molecule has 1 aromatic carbocycles. The van der Waals surface area contributed by atoms with Gasteiger partial charge < -0.3 is 5.73 Å². The van der Waals surface area contributed by atoms with Gasteiger partial charge >= 0.3 is 0 Å². The van der Waals surface area contributed by atoms with Crippen LogP contribution in [0.4, 0.5) is 4.39 Å². The van der Waals surface area contributed by atoms with Crippen LogP contribution < -0.4 is 5.73 Å². The van der Waals surface area contributed by atoms with E-state index in [-0.39, 0.29) is 5.82 Å². The van der Waals surface area contributed by atoms with Gasteiger partial charge in [-0.25, -0.2) is 14.4 Å². The molecule has 120 valence electrons. The third kappa shape index (κ3) is 3.01. The average Bonchev–Trinajstić information content (AvgIpc) is 2.59. The van der Waals surface area contributed by atoms with E-state index in [4.69, 9.17) is 5.73 Å². The summed E-state index contributed by atoms with van der Waals surface area (Å²) in [6, 6.07) is 8.97. The number of rotatable bonds is 3. The molecule has 0 unspecified atom stereocenters. The Bertz CT molecular complexity index is 919. The summed E-state index contributed by atoms with van der Waals surface area (Å²) in [6.07, 6.45) is 6.43. The van der Waals surface area contributed by atoms with Crippen LogP contribution in [0.3, 0.4) is 0 Å². The van der Waals surface area contributed by atoms with Crippen molar-refractivity contribution >= 4 is 6.08 Å². The molecule has 0 aliphatic heterocycles. The van der Waals surface area contributed by atoms with Gasteiger partial charge in [0.05, 0.1) is 11.4 Å². The fourth-order valence-electron chi connectivity index (χ4n) is 2.55. The van der Waals surface area contributed by atoms with E-state index in [2.05, 4.69) is 15.0 Å². The number of aryl methyl sites for hydroxylation is 2. The van der Waals surface area contributed by atoms with Gasteiger partial charge in [0, 0.05) is 23.5 Å². The van der Waals surface area contributed by atoms with Gasteiger partial charge in [-0.2, -0.15) is 0 Å². The second kappa shape index (κ2) is 6.58. The van der Waals surface area contributed by atoms with Crippen LogP contribution in [-0.2, 0) is 0 Å². The van der Waals surface area contributed by atoms with Crippen LogP contribution in [0.15, 0.2) is 48.9 Å². The van der Waals surface area contributed by atoms with E-state index in [0.29, 0.717) is 11.4 Å². The lowest BCUT2D eigenvalue weighted by molar-refractivity contribution is 0.617. The highest BCUT2D eigenvalue weighted by Gasteiger charge is 2.14. The maximum atomic E-state index is 13.8. The van der Waals surface area contributed by atoms with Crippen molar-refractivity contribution in [2.75, 3.05) is 0 Å². The average molecular weight is 320 g/mol. The highest BCUT2D eigenvalue weighted by atomic mass is 19.1. The molecule has 0 aliphatic rings. The van der Waals surface area contributed by atoms with Crippen molar-refractivity contribution in [2.24, 2.45) is 5.73 Å². The Morgan fingerprint density at radius 3 is 2.62 bits per heavy atom. The number of nitrogens with zero attached hydrogens (tertiary/aromatic N) is 3. The molecule has 0 fully saturated rings. The summed E-state index contributed by atoms with van der Waals surface area (Å²) in [6.45, 7) is 3.62. The van der Waals surface area contributed by atoms with E-state index in [1.54, 1.807) is 25.4 Å². The van der Waals surface area contributed by atoms with Crippen molar-refractivity contribution in [3.05, 3.63) is 71.7 Å². The van der Waals surface area contributed by atoms with Crippen LogP contribution in [-0.4, -0.2) is 15.0 Å². The van der Waals surface area contributed by atoms with Crippen LogP contribution in [0, 0.1) is 19.7 Å². The first-order chi connectivity index (χ1) is 11.6. The lowest BCUT2D eigenvalue weighted by atomic mass is 9.97. The molecule has 0 atom stereocenters. The van der Waals surface area contributed by atoms with Gasteiger partial charge in [0.15, 0.2) is 5.82 Å². The third-order valence-corrected chi connectivity index (χ3v) is 3.76. The van der Waals surface area contributed by atoms with Gasteiger partial charge in [0.1, 0.15) is 5.82 Å². The van der Waals surface area contributed by atoms with Gasteiger partial charge in [-0.3, -0.25) is 4.98 Å². The number of halogens is 1. The summed E-state index contributed by atoms with van der Waals surface area (Å²) in [5, 5.41) is 0. The summed E-state index contributed by atoms with van der Waals surface area (Å²) in [4.78, 5) is 13.2. The second-order valence-electron chi connectivity index (χ2n) is 5.48. The normalized spacial score (nSPS) is 11.1. The smallest absolute Gasteiger partial charge is 0.153 e. The maximum absolute atomic E-state index is 13.8. The number of nitrogens with two attached hydrogens (primary N) is 1. The lowest BCUT2D eigenvalue weighted by Gasteiger charge is -2.12. The fraction of sp³-hybridized carbons (Fsp3) is 0.105. The highest BCUT2D eigenvalue weighted by Crippen LogP contribution is 2.32. The van der Waals surface area contributed by atoms with E-state index >= 15 is 0 Å². The minimum Gasteiger partial charge on any atom is -0.404 e. The van der Waals surface area contributed by atoms with E-state index < -0.39 is 0 Å². The van der Waals surface area contributed by atoms with Crippen LogP contribution in [0.5, 0.6) is 0 Å². The molecule has 0 spiro atoms. The molecule has 3 rings (SSSR count). The lowest BCUT2D eigenvalue weighted by Crippen LogP contribution is -1.97. The molecule has 0 bridgehead atoms. The summed E-state index contributed by atoms with van der Waals surface area (Å²) in [5.74, 6) is 0.308. The van der Waals surface area contributed by atoms with Crippen molar-refractivity contribution in [2.45, 2.75) is 13.8 Å². The standard InChI is InChI=1S/C19H17FN4/c1-12-11-16(20)13(2)10-15(12)19-14(4-3-8-23-19)17-6-9-22-18(24-17)5-7-21/h3-11H,21H2,1-2H3. The number of hydrogen-bond acceptors (Lipinski definition) is 4. The van der Waals surface area contributed by atoms with Gasteiger partial charge in [-0.1, -0.05) is 0 Å². The van der Waals surface area contributed by atoms with E-state index in [0.717, 1.165) is 28.1 Å². The molecule has 0 saturated carbocycles. The number of pyridine rings is 1. The zero-order valence-electron chi connectivity index (χ0n) is 13.5. The van der Waals surface area contributed by atoms with Gasteiger partial charge in [0.25, 0.3) is 0 Å². The van der Waals surface area contributed by atoms with Gasteiger partial charge in [0.2, 0.25) is 0 Å². The number of hydrogen-bond donors (Lipinski definition) is 1. The maximum Gasteiger partial charge on any atom is 0.153 e. The molecular formula is C19H17FN4.